The molecule has 1 fully saturated rings. The first-order chi connectivity index (χ1) is 11.9. The second-order valence-electron chi connectivity index (χ2n) is 6.05. The maximum Gasteiger partial charge on any atom is 0.338 e. The van der Waals surface area contributed by atoms with Gasteiger partial charge in [0, 0.05) is 19.8 Å². The Morgan fingerprint density at radius 1 is 1.36 bits per heavy atom. The van der Waals surface area contributed by atoms with E-state index in [0.717, 1.165) is 11.3 Å². The van der Waals surface area contributed by atoms with Crippen LogP contribution in [0, 0.1) is 0 Å². The van der Waals surface area contributed by atoms with Crippen molar-refractivity contribution in [2.24, 2.45) is 4.99 Å². The fourth-order valence-electron chi connectivity index (χ4n) is 2.98. The summed E-state index contributed by atoms with van der Waals surface area (Å²) in [7, 11) is 3.93. The third-order valence-electron chi connectivity index (χ3n) is 4.20. The second-order valence-corrected chi connectivity index (χ2v) is 7.00. The fourth-order valence-corrected chi connectivity index (χ4v) is 3.92. The largest absolute Gasteiger partial charge is 0.463 e. The molecule has 7 heteroatoms. The molecule has 0 aliphatic carbocycles. The average molecular weight is 359 g/mol. The standard InChI is InChI=1S/C18H21N3O3S/c1-5-24-17(23)15-11(2)19-18-21(14(22)10-25-18)16(15)12-6-8-13(9-7-12)20(3)4/h6-9,16H,5,10H2,1-4H3/t16-/m1/s1. The van der Waals surface area contributed by atoms with Crippen molar-refractivity contribution in [3.63, 3.8) is 0 Å². The molecule has 0 aromatic heterocycles. The zero-order valence-electron chi connectivity index (χ0n) is 14.8. The Bertz CT molecular complexity index is 768. The number of amides is 1. The number of nitrogens with zero attached hydrogens (tertiary/aromatic N) is 3. The van der Waals surface area contributed by atoms with E-state index in [1.54, 1.807) is 18.7 Å². The van der Waals surface area contributed by atoms with Crippen LogP contribution in [-0.4, -0.2) is 48.4 Å². The van der Waals surface area contributed by atoms with Crippen molar-refractivity contribution in [1.29, 1.82) is 0 Å². The zero-order valence-corrected chi connectivity index (χ0v) is 15.6. The predicted octanol–water partition coefficient (Wildman–Crippen LogP) is 2.58. The minimum absolute atomic E-state index is 0.0419. The maximum atomic E-state index is 12.6. The van der Waals surface area contributed by atoms with Gasteiger partial charge in [-0.3, -0.25) is 9.69 Å². The Morgan fingerprint density at radius 3 is 2.64 bits per heavy atom. The minimum Gasteiger partial charge on any atom is -0.463 e. The number of thioether (sulfide) groups is 1. The molecule has 1 saturated heterocycles. The minimum atomic E-state index is -0.495. The molecule has 25 heavy (non-hydrogen) atoms. The number of allylic oxidation sites excluding steroid dienone is 1. The quantitative estimate of drug-likeness (QED) is 0.773. The zero-order chi connectivity index (χ0) is 18.1. The molecule has 2 aliphatic heterocycles. The van der Waals surface area contributed by atoms with Crippen molar-refractivity contribution in [3.05, 3.63) is 41.1 Å². The van der Waals surface area contributed by atoms with Gasteiger partial charge in [0.05, 0.1) is 29.7 Å². The smallest absolute Gasteiger partial charge is 0.338 e. The Kier molecular flexibility index (Phi) is 4.85. The van der Waals surface area contributed by atoms with Crippen molar-refractivity contribution in [3.8, 4) is 0 Å². The molecule has 2 aliphatic rings. The number of fused-ring (bicyclic) bond motifs is 1. The SMILES string of the molecule is CCOC(=O)C1=C(C)N=C2SCC(=O)N2[C@@H]1c1ccc(N(C)C)cc1. The summed E-state index contributed by atoms with van der Waals surface area (Å²) in [6, 6.07) is 7.36. The molecular formula is C18H21N3O3S. The lowest BCUT2D eigenvalue weighted by Crippen LogP contribution is -2.39. The predicted molar refractivity (Wildman–Crippen MR) is 99.6 cm³/mol. The third kappa shape index (κ3) is 3.16. The number of aliphatic imine (C=N–C) groups is 1. The molecule has 6 nitrogen and oxygen atoms in total. The summed E-state index contributed by atoms with van der Waals surface area (Å²) in [4.78, 5) is 33.1. The van der Waals surface area contributed by atoms with Gasteiger partial charge in [-0.15, -0.1) is 0 Å². The number of benzene rings is 1. The van der Waals surface area contributed by atoms with E-state index in [1.165, 1.54) is 11.8 Å². The van der Waals surface area contributed by atoms with Crippen molar-refractivity contribution in [1.82, 2.24) is 4.90 Å². The van der Waals surface area contributed by atoms with Crippen LogP contribution < -0.4 is 4.90 Å². The molecule has 0 N–H and O–H groups in total. The summed E-state index contributed by atoms with van der Waals surface area (Å²) in [6.07, 6.45) is 0. The number of carbonyl (C=O) groups excluding carboxylic acids is 2. The van der Waals surface area contributed by atoms with Crippen LogP contribution in [0.3, 0.4) is 0 Å². The van der Waals surface area contributed by atoms with Gasteiger partial charge in [0.15, 0.2) is 5.17 Å². The summed E-state index contributed by atoms with van der Waals surface area (Å²) < 4.78 is 5.23. The Morgan fingerprint density at radius 2 is 2.04 bits per heavy atom. The highest BCUT2D eigenvalue weighted by molar-refractivity contribution is 8.15. The fraction of sp³-hybridized carbons (Fsp3) is 0.389. The summed E-state index contributed by atoms with van der Waals surface area (Å²) in [5.74, 6) is -0.122. The Hall–Kier alpha value is -2.28. The molecule has 2 heterocycles. The number of anilines is 1. The first-order valence-corrected chi connectivity index (χ1v) is 9.11. The lowest BCUT2D eigenvalue weighted by Gasteiger charge is -2.33. The van der Waals surface area contributed by atoms with Crippen molar-refractivity contribution >= 4 is 34.5 Å². The average Bonchev–Trinajstić information content (AvgIpc) is 2.94. The first-order valence-electron chi connectivity index (χ1n) is 8.12. The van der Waals surface area contributed by atoms with Gasteiger partial charge in [0.1, 0.15) is 0 Å². The van der Waals surface area contributed by atoms with Crippen LogP contribution in [0.2, 0.25) is 0 Å². The summed E-state index contributed by atoms with van der Waals surface area (Å²) in [5.41, 5.74) is 2.96. The lowest BCUT2D eigenvalue weighted by atomic mass is 9.94. The Labute approximate surface area is 151 Å². The van der Waals surface area contributed by atoms with Crippen LogP contribution in [0.15, 0.2) is 40.5 Å². The molecule has 0 spiro atoms. The van der Waals surface area contributed by atoms with Gasteiger partial charge < -0.3 is 9.64 Å². The van der Waals surface area contributed by atoms with Gasteiger partial charge >= 0.3 is 5.97 Å². The highest BCUT2D eigenvalue weighted by atomic mass is 32.2. The summed E-state index contributed by atoms with van der Waals surface area (Å²) >= 11 is 1.40. The number of carbonyl (C=O) groups is 2. The van der Waals surface area contributed by atoms with Gasteiger partial charge in [-0.1, -0.05) is 23.9 Å². The number of hydrogen-bond acceptors (Lipinski definition) is 6. The molecule has 0 unspecified atom stereocenters. The number of hydrogen-bond donors (Lipinski definition) is 0. The van der Waals surface area contributed by atoms with Crippen LogP contribution in [0.1, 0.15) is 25.5 Å². The van der Waals surface area contributed by atoms with Gasteiger partial charge in [-0.2, -0.15) is 0 Å². The molecule has 132 valence electrons. The first kappa shape index (κ1) is 17.5. The van der Waals surface area contributed by atoms with E-state index < -0.39 is 12.0 Å². The Balaban J connectivity index is 2.09. The molecule has 3 rings (SSSR count). The van der Waals surface area contributed by atoms with Crippen LogP contribution in [0.4, 0.5) is 5.69 Å². The molecule has 1 aromatic carbocycles. The lowest BCUT2D eigenvalue weighted by molar-refractivity contribution is -0.139. The van der Waals surface area contributed by atoms with Crippen molar-refractivity contribution in [2.75, 3.05) is 31.4 Å². The van der Waals surface area contributed by atoms with Gasteiger partial charge in [-0.25, -0.2) is 9.79 Å². The van der Waals surface area contributed by atoms with Crippen LogP contribution in [-0.2, 0) is 14.3 Å². The molecular weight excluding hydrogens is 338 g/mol. The van der Waals surface area contributed by atoms with Gasteiger partial charge in [-0.05, 0) is 31.5 Å². The summed E-state index contributed by atoms with van der Waals surface area (Å²) in [5, 5.41) is 0.650. The van der Waals surface area contributed by atoms with Gasteiger partial charge in [0.2, 0.25) is 5.91 Å². The highest BCUT2D eigenvalue weighted by Crippen LogP contribution is 2.41. The topological polar surface area (TPSA) is 62.2 Å². The number of ether oxygens (including phenoxy) is 1. The van der Waals surface area contributed by atoms with Crippen LogP contribution in [0.5, 0.6) is 0 Å². The second kappa shape index (κ2) is 6.92. The van der Waals surface area contributed by atoms with E-state index >= 15 is 0 Å². The van der Waals surface area contributed by atoms with E-state index in [1.807, 2.05) is 43.3 Å². The molecule has 1 amide bonds. The van der Waals surface area contributed by atoms with Crippen LogP contribution in [0.25, 0.3) is 0 Å². The van der Waals surface area contributed by atoms with E-state index in [4.69, 9.17) is 4.74 Å². The third-order valence-corrected chi connectivity index (χ3v) is 5.14. The van der Waals surface area contributed by atoms with Gasteiger partial charge in [0.25, 0.3) is 0 Å². The number of amidine groups is 1. The summed E-state index contributed by atoms with van der Waals surface area (Å²) in [6.45, 7) is 3.84. The van der Waals surface area contributed by atoms with Crippen molar-refractivity contribution < 1.29 is 14.3 Å². The van der Waals surface area contributed by atoms with Crippen molar-refractivity contribution in [2.45, 2.75) is 19.9 Å². The maximum absolute atomic E-state index is 12.6. The van der Waals surface area contributed by atoms with E-state index in [9.17, 15) is 9.59 Å². The molecule has 0 radical (unpaired) electrons. The monoisotopic (exact) mass is 359 g/mol. The molecule has 1 atom stereocenters. The number of rotatable bonds is 4. The van der Waals surface area contributed by atoms with E-state index in [-0.39, 0.29) is 12.5 Å². The van der Waals surface area contributed by atoms with E-state index in [2.05, 4.69) is 4.99 Å². The molecule has 0 saturated carbocycles. The highest BCUT2D eigenvalue weighted by Gasteiger charge is 2.43. The van der Waals surface area contributed by atoms with E-state index in [0.29, 0.717) is 22.2 Å². The molecule has 1 aromatic rings. The van der Waals surface area contributed by atoms with Crippen LogP contribution >= 0.6 is 11.8 Å². The molecule has 0 bridgehead atoms. The normalized spacial score (nSPS) is 19.7. The number of esters is 1.